The predicted molar refractivity (Wildman–Crippen MR) is 95.2 cm³/mol. The zero-order chi connectivity index (χ0) is 19.8. The normalized spacial score (nSPS) is 11.4. The Morgan fingerprint density at radius 1 is 1.11 bits per heavy atom. The Balaban J connectivity index is 2.00. The number of nitrogens with zero attached hydrogens (tertiary/aromatic N) is 1. The van der Waals surface area contributed by atoms with Crippen molar-refractivity contribution in [3.05, 3.63) is 65.4 Å². The second-order valence-electron chi connectivity index (χ2n) is 5.91. The Bertz CT molecular complexity index is 1160. The molecule has 1 heterocycles. The molecule has 3 rings (SSSR count). The largest absolute Gasteiger partial charge is 0.452 e. The maximum atomic E-state index is 14.4. The zero-order valence-electron chi connectivity index (χ0n) is 14.3. The number of carbonyl (C=O) groups is 1. The summed E-state index contributed by atoms with van der Waals surface area (Å²) in [4.78, 5) is 16.0. The standard InChI is InChI=1S/C18H14F2N2O4S/c1-10-6-11-4-3-5-21-17(11)16(7-10)26-15-9-13(19)12(8-14(15)20)18(23)22-27(2,24)25/h3-9H,1-2H3,(H,22,23). The molecule has 0 radical (unpaired) electrons. The highest BCUT2D eigenvalue weighted by Crippen LogP contribution is 2.32. The number of amides is 1. The summed E-state index contributed by atoms with van der Waals surface area (Å²) in [5, 5.41) is 0.762. The van der Waals surface area contributed by atoms with Crippen LogP contribution in [-0.2, 0) is 10.0 Å². The average molecular weight is 392 g/mol. The van der Waals surface area contributed by atoms with Gasteiger partial charge in [-0.25, -0.2) is 21.9 Å². The van der Waals surface area contributed by atoms with E-state index >= 15 is 0 Å². The van der Waals surface area contributed by atoms with E-state index in [1.54, 1.807) is 29.1 Å². The van der Waals surface area contributed by atoms with Crippen LogP contribution < -0.4 is 9.46 Å². The number of aromatic nitrogens is 1. The van der Waals surface area contributed by atoms with Crippen molar-refractivity contribution in [3.8, 4) is 11.5 Å². The number of halogens is 2. The number of aryl methyl sites for hydroxylation is 1. The lowest BCUT2D eigenvalue weighted by atomic mass is 10.1. The van der Waals surface area contributed by atoms with Gasteiger partial charge in [0.15, 0.2) is 17.3 Å². The van der Waals surface area contributed by atoms with E-state index in [2.05, 4.69) is 4.98 Å². The minimum absolute atomic E-state index is 0.220. The highest BCUT2D eigenvalue weighted by molar-refractivity contribution is 7.89. The Morgan fingerprint density at radius 2 is 1.85 bits per heavy atom. The van der Waals surface area contributed by atoms with Crippen molar-refractivity contribution >= 4 is 26.8 Å². The van der Waals surface area contributed by atoms with Crippen molar-refractivity contribution in [1.82, 2.24) is 9.71 Å². The van der Waals surface area contributed by atoms with E-state index < -0.39 is 38.9 Å². The molecule has 1 aromatic heterocycles. The molecule has 27 heavy (non-hydrogen) atoms. The first-order chi connectivity index (χ1) is 12.6. The highest BCUT2D eigenvalue weighted by Gasteiger charge is 2.20. The van der Waals surface area contributed by atoms with E-state index in [0.29, 0.717) is 17.6 Å². The number of hydrogen-bond acceptors (Lipinski definition) is 5. The van der Waals surface area contributed by atoms with Crippen LogP contribution in [0.1, 0.15) is 15.9 Å². The van der Waals surface area contributed by atoms with Gasteiger partial charge in [0.1, 0.15) is 11.3 Å². The average Bonchev–Trinajstić information content (AvgIpc) is 2.56. The number of fused-ring (bicyclic) bond motifs is 1. The van der Waals surface area contributed by atoms with Gasteiger partial charge in [0.2, 0.25) is 10.0 Å². The van der Waals surface area contributed by atoms with Crippen molar-refractivity contribution in [2.75, 3.05) is 6.26 Å². The van der Waals surface area contributed by atoms with E-state index in [4.69, 9.17) is 4.74 Å². The van der Waals surface area contributed by atoms with Crippen LogP contribution in [-0.4, -0.2) is 25.6 Å². The van der Waals surface area contributed by atoms with Crippen molar-refractivity contribution < 1.29 is 26.7 Å². The van der Waals surface area contributed by atoms with Crippen molar-refractivity contribution in [2.24, 2.45) is 0 Å². The van der Waals surface area contributed by atoms with Crippen molar-refractivity contribution in [2.45, 2.75) is 6.92 Å². The number of pyridine rings is 1. The fourth-order valence-electron chi connectivity index (χ4n) is 2.50. The molecule has 2 aromatic carbocycles. The molecule has 9 heteroatoms. The maximum absolute atomic E-state index is 14.4. The summed E-state index contributed by atoms with van der Waals surface area (Å²) in [5.41, 5.74) is 0.537. The van der Waals surface area contributed by atoms with Crippen LogP contribution in [0.4, 0.5) is 8.78 Å². The summed E-state index contributed by atoms with van der Waals surface area (Å²) in [6, 6.07) is 8.29. The number of sulfonamides is 1. The van der Waals surface area contributed by atoms with E-state index in [0.717, 1.165) is 17.2 Å². The first kappa shape index (κ1) is 18.7. The smallest absolute Gasteiger partial charge is 0.267 e. The quantitative estimate of drug-likeness (QED) is 0.736. The molecule has 0 fully saturated rings. The first-order valence-corrected chi connectivity index (χ1v) is 9.57. The summed E-state index contributed by atoms with van der Waals surface area (Å²) >= 11 is 0. The van der Waals surface area contributed by atoms with E-state index in [-0.39, 0.29) is 5.75 Å². The molecule has 0 aliphatic carbocycles. The molecular weight excluding hydrogens is 378 g/mol. The topological polar surface area (TPSA) is 85.4 Å². The molecular formula is C18H14F2N2O4S. The second-order valence-corrected chi connectivity index (χ2v) is 7.65. The maximum Gasteiger partial charge on any atom is 0.267 e. The van der Waals surface area contributed by atoms with Crippen molar-refractivity contribution in [3.63, 3.8) is 0 Å². The first-order valence-electron chi connectivity index (χ1n) is 7.68. The molecule has 0 saturated heterocycles. The van der Waals surface area contributed by atoms with E-state index in [1.807, 2.05) is 13.0 Å². The number of nitrogens with one attached hydrogen (secondary N) is 1. The lowest BCUT2D eigenvalue weighted by Gasteiger charge is -2.12. The van der Waals surface area contributed by atoms with Gasteiger partial charge in [0.25, 0.3) is 5.91 Å². The number of hydrogen-bond donors (Lipinski definition) is 1. The number of rotatable bonds is 4. The van der Waals surface area contributed by atoms with Gasteiger partial charge in [-0.3, -0.25) is 9.78 Å². The van der Waals surface area contributed by atoms with Gasteiger partial charge in [-0.1, -0.05) is 6.07 Å². The Kier molecular flexibility index (Phi) is 4.79. The fraction of sp³-hybridized carbons (Fsp3) is 0.111. The molecule has 0 spiro atoms. The van der Waals surface area contributed by atoms with Crippen molar-refractivity contribution in [1.29, 1.82) is 0 Å². The molecule has 0 aliphatic rings. The van der Waals surface area contributed by atoms with Gasteiger partial charge < -0.3 is 4.74 Å². The third-order valence-electron chi connectivity index (χ3n) is 3.58. The monoisotopic (exact) mass is 392 g/mol. The SMILES string of the molecule is Cc1cc(Oc2cc(F)c(C(=O)NS(C)(=O)=O)cc2F)c2ncccc2c1. The van der Waals surface area contributed by atoms with Gasteiger partial charge in [-0.2, -0.15) is 0 Å². The van der Waals surface area contributed by atoms with E-state index in [1.165, 1.54) is 0 Å². The third-order valence-corrected chi connectivity index (χ3v) is 4.13. The second kappa shape index (κ2) is 6.92. The molecule has 0 atom stereocenters. The Labute approximate surface area is 153 Å². The zero-order valence-corrected chi connectivity index (χ0v) is 15.1. The van der Waals surface area contributed by atoms with Crippen LogP contribution in [0.3, 0.4) is 0 Å². The lowest BCUT2D eigenvalue weighted by molar-refractivity contribution is 0.0977. The van der Waals surface area contributed by atoms with Crippen LogP contribution >= 0.6 is 0 Å². The Morgan fingerprint density at radius 3 is 2.56 bits per heavy atom. The van der Waals surface area contributed by atoms with Crippen LogP contribution in [0.2, 0.25) is 0 Å². The predicted octanol–water partition coefficient (Wildman–Crippen LogP) is 3.30. The minimum Gasteiger partial charge on any atom is -0.452 e. The molecule has 1 N–H and O–H groups in total. The lowest BCUT2D eigenvalue weighted by Crippen LogP contribution is -2.30. The van der Waals surface area contributed by atoms with Crippen LogP contribution in [0, 0.1) is 18.6 Å². The van der Waals surface area contributed by atoms with Gasteiger partial charge >= 0.3 is 0 Å². The van der Waals surface area contributed by atoms with Crippen LogP contribution in [0.5, 0.6) is 11.5 Å². The summed E-state index contributed by atoms with van der Waals surface area (Å²) in [5.74, 6) is -3.67. The van der Waals surface area contributed by atoms with E-state index in [9.17, 15) is 22.0 Å². The highest BCUT2D eigenvalue weighted by atomic mass is 32.2. The minimum atomic E-state index is -3.92. The number of benzene rings is 2. The van der Waals surface area contributed by atoms with Crippen LogP contribution in [0.25, 0.3) is 10.9 Å². The van der Waals surface area contributed by atoms with Gasteiger partial charge in [0, 0.05) is 17.6 Å². The summed E-state index contributed by atoms with van der Waals surface area (Å²) in [6.07, 6.45) is 2.27. The van der Waals surface area contributed by atoms with Crippen LogP contribution in [0.15, 0.2) is 42.6 Å². The molecule has 0 saturated carbocycles. The number of carbonyl (C=O) groups excluding carboxylic acids is 1. The van der Waals surface area contributed by atoms with Gasteiger partial charge in [-0.05, 0) is 36.8 Å². The summed E-state index contributed by atoms with van der Waals surface area (Å²) in [6.45, 7) is 1.81. The summed E-state index contributed by atoms with van der Waals surface area (Å²) in [7, 11) is -3.92. The molecule has 0 aliphatic heterocycles. The molecule has 0 unspecified atom stereocenters. The molecule has 6 nitrogen and oxygen atoms in total. The van der Waals surface area contributed by atoms with Gasteiger partial charge in [-0.15, -0.1) is 0 Å². The Hall–Kier alpha value is -3.07. The molecule has 3 aromatic rings. The third kappa shape index (κ3) is 4.20. The van der Waals surface area contributed by atoms with Gasteiger partial charge in [0.05, 0.1) is 11.8 Å². The molecule has 140 valence electrons. The number of ether oxygens (including phenoxy) is 1. The molecule has 1 amide bonds. The molecule has 0 bridgehead atoms. The summed E-state index contributed by atoms with van der Waals surface area (Å²) < 4.78 is 57.9. The fourth-order valence-corrected chi connectivity index (χ4v) is 2.95.